The van der Waals surface area contributed by atoms with Gasteiger partial charge in [-0.1, -0.05) is 17.7 Å². The van der Waals surface area contributed by atoms with Crippen molar-refractivity contribution in [3.8, 4) is 5.75 Å². The van der Waals surface area contributed by atoms with E-state index in [1.54, 1.807) is 0 Å². The van der Waals surface area contributed by atoms with Crippen LogP contribution in [0.1, 0.15) is 10.4 Å². The third-order valence-corrected chi connectivity index (χ3v) is 2.12. The van der Waals surface area contributed by atoms with Gasteiger partial charge in [-0.3, -0.25) is 4.79 Å². The maximum absolute atomic E-state index is 11.0. The Hall–Kier alpha value is -1.75. The fraction of sp³-hybridized carbons (Fsp3) is 0.200. The zero-order valence-electron chi connectivity index (χ0n) is 8.49. The van der Waals surface area contributed by atoms with Gasteiger partial charge in [0, 0.05) is 7.05 Å². The normalized spacial score (nSPS) is 9.62. The van der Waals surface area contributed by atoms with Crippen molar-refractivity contribution in [1.29, 1.82) is 0 Å². The molecule has 0 fully saturated rings. The molecule has 0 radical (unpaired) electrons. The van der Waals surface area contributed by atoms with Crippen LogP contribution in [0, 0.1) is 0 Å². The van der Waals surface area contributed by atoms with Crippen molar-refractivity contribution in [3.05, 3.63) is 28.8 Å². The van der Waals surface area contributed by atoms with Crippen molar-refractivity contribution in [2.24, 2.45) is 0 Å². The van der Waals surface area contributed by atoms with E-state index in [1.165, 1.54) is 25.2 Å². The minimum Gasteiger partial charge on any atom is -0.481 e. The number of nitrogens with one attached hydrogen (secondary N) is 1. The van der Waals surface area contributed by atoms with Crippen molar-refractivity contribution in [3.63, 3.8) is 0 Å². The van der Waals surface area contributed by atoms with E-state index in [4.69, 9.17) is 21.4 Å². The summed E-state index contributed by atoms with van der Waals surface area (Å²) in [4.78, 5) is 21.8. The summed E-state index contributed by atoms with van der Waals surface area (Å²) in [6, 6.07) is 4.35. The van der Waals surface area contributed by atoms with Crippen LogP contribution >= 0.6 is 11.6 Å². The summed E-state index contributed by atoms with van der Waals surface area (Å²) in [5, 5.41) is 11.4. The summed E-state index contributed by atoms with van der Waals surface area (Å²) in [6.45, 7) is -0.277. The highest BCUT2D eigenvalue weighted by atomic mass is 35.5. The minimum atomic E-state index is -1.16. The minimum absolute atomic E-state index is 0.000247. The monoisotopic (exact) mass is 243 g/mol. The van der Waals surface area contributed by atoms with Gasteiger partial charge in [0.25, 0.3) is 5.91 Å². The average molecular weight is 244 g/mol. The topological polar surface area (TPSA) is 75.6 Å². The van der Waals surface area contributed by atoms with Crippen LogP contribution < -0.4 is 10.1 Å². The van der Waals surface area contributed by atoms with Crippen molar-refractivity contribution in [2.45, 2.75) is 0 Å². The molecule has 0 aliphatic heterocycles. The number of halogens is 1. The van der Waals surface area contributed by atoms with Gasteiger partial charge in [-0.25, -0.2) is 4.79 Å². The Bertz CT molecular complexity index is 419. The Morgan fingerprint density at radius 1 is 1.50 bits per heavy atom. The number of benzene rings is 1. The summed E-state index contributed by atoms with van der Waals surface area (Å²) in [5.74, 6) is -1.52. The molecular formula is C10H10ClNO4. The number of carboxylic acid groups (broad SMARTS) is 1. The van der Waals surface area contributed by atoms with Gasteiger partial charge in [0.2, 0.25) is 0 Å². The highest BCUT2D eigenvalue weighted by Crippen LogP contribution is 2.28. The molecule has 5 nitrogen and oxygen atoms in total. The lowest BCUT2D eigenvalue weighted by atomic mass is 10.2. The lowest BCUT2D eigenvalue weighted by Crippen LogP contribution is -2.25. The first-order valence-electron chi connectivity index (χ1n) is 4.41. The summed E-state index contributed by atoms with van der Waals surface area (Å²) >= 11 is 5.78. The number of hydrogen-bond acceptors (Lipinski definition) is 3. The number of carboxylic acids is 1. The van der Waals surface area contributed by atoms with Crippen molar-refractivity contribution < 1.29 is 19.4 Å². The van der Waals surface area contributed by atoms with Gasteiger partial charge in [0.05, 0.1) is 5.02 Å². The number of amides is 1. The molecule has 1 amide bonds. The predicted octanol–water partition coefficient (Wildman–Crippen LogP) is 1.16. The van der Waals surface area contributed by atoms with Gasteiger partial charge in [-0.2, -0.15) is 0 Å². The number of rotatable bonds is 4. The first-order chi connectivity index (χ1) is 7.56. The summed E-state index contributed by atoms with van der Waals surface area (Å²) in [6.07, 6.45) is 0. The Morgan fingerprint density at radius 2 is 2.19 bits per heavy atom. The molecule has 16 heavy (non-hydrogen) atoms. The van der Waals surface area contributed by atoms with Crippen LogP contribution in [0.4, 0.5) is 0 Å². The Balaban J connectivity index is 2.93. The van der Waals surface area contributed by atoms with Gasteiger partial charge in [0.1, 0.15) is 5.56 Å². The first kappa shape index (κ1) is 12.3. The molecule has 0 aromatic heterocycles. The second-order valence-electron chi connectivity index (χ2n) is 2.88. The number of para-hydroxylation sites is 1. The molecule has 0 bridgehead atoms. The van der Waals surface area contributed by atoms with Gasteiger partial charge < -0.3 is 15.2 Å². The summed E-state index contributed by atoms with van der Waals surface area (Å²) in [5.41, 5.74) is -0.0728. The Kier molecular flexibility index (Phi) is 4.13. The smallest absolute Gasteiger partial charge is 0.339 e. The van der Waals surface area contributed by atoms with E-state index in [0.717, 1.165) is 0 Å². The molecule has 0 saturated carbocycles. The standard InChI is InChI=1S/C10H10ClNO4/c1-12-8(13)5-16-9-6(10(14)15)3-2-4-7(9)11/h2-4H,5H2,1H3,(H,12,13)(H,14,15). The lowest BCUT2D eigenvalue weighted by Gasteiger charge is -2.09. The molecule has 0 aliphatic carbocycles. The first-order valence-corrected chi connectivity index (χ1v) is 4.79. The van der Waals surface area contributed by atoms with Crippen LogP contribution in [-0.2, 0) is 4.79 Å². The van der Waals surface area contributed by atoms with Crippen molar-refractivity contribution >= 4 is 23.5 Å². The second-order valence-corrected chi connectivity index (χ2v) is 3.29. The maximum atomic E-state index is 11.0. The van der Waals surface area contributed by atoms with Gasteiger partial charge in [0.15, 0.2) is 12.4 Å². The van der Waals surface area contributed by atoms with Gasteiger partial charge in [-0.15, -0.1) is 0 Å². The van der Waals surface area contributed by atoms with Gasteiger partial charge >= 0.3 is 5.97 Å². The molecule has 86 valence electrons. The summed E-state index contributed by atoms with van der Waals surface area (Å²) in [7, 11) is 1.45. The number of aromatic carboxylic acids is 1. The molecule has 0 saturated heterocycles. The zero-order valence-corrected chi connectivity index (χ0v) is 9.25. The average Bonchev–Trinajstić information content (AvgIpc) is 2.26. The molecule has 1 rings (SSSR count). The van der Waals surface area contributed by atoms with Crippen molar-refractivity contribution in [1.82, 2.24) is 5.32 Å². The summed E-state index contributed by atoms with van der Waals surface area (Å²) < 4.78 is 5.06. The molecule has 2 N–H and O–H groups in total. The van der Waals surface area contributed by atoms with Crippen LogP contribution in [0.15, 0.2) is 18.2 Å². The second kappa shape index (κ2) is 5.37. The quantitative estimate of drug-likeness (QED) is 0.832. The van der Waals surface area contributed by atoms with Crippen LogP contribution in [0.2, 0.25) is 5.02 Å². The number of ether oxygens (including phenoxy) is 1. The molecule has 0 atom stereocenters. The van der Waals surface area contributed by atoms with E-state index in [9.17, 15) is 9.59 Å². The van der Waals surface area contributed by atoms with E-state index >= 15 is 0 Å². The molecule has 0 heterocycles. The third kappa shape index (κ3) is 2.87. The van der Waals surface area contributed by atoms with Crippen LogP contribution in [0.25, 0.3) is 0 Å². The molecule has 0 aliphatic rings. The Labute approximate surface area is 97.0 Å². The molecule has 1 aromatic carbocycles. The third-order valence-electron chi connectivity index (χ3n) is 1.82. The highest BCUT2D eigenvalue weighted by molar-refractivity contribution is 6.32. The van der Waals surface area contributed by atoms with E-state index in [2.05, 4.69) is 5.32 Å². The Morgan fingerprint density at radius 3 is 2.75 bits per heavy atom. The van der Waals surface area contributed by atoms with Crippen LogP contribution in [0.3, 0.4) is 0 Å². The largest absolute Gasteiger partial charge is 0.481 e. The van der Waals surface area contributed by atoms with Crippen LogP contribution in [0.5, 0.6) is 5.75 Å². The van der Waals surface area contributed by atoms with E-state index in [-0.39, 0.29) is 28.8 Å². The molecule has 0 unspecified atom stereocenters. The van der Waals surface area contributed by atoms with E-state index in [1.807, 2.05) is 0 Å². The number of hydrogen-bond donors (Lipinski definition) is 2. The molecule has 0 spiro atoms. The fourth-order valence-electron chi connectivity index (χ4n) is 1.03. The molecule has 6 heteroatoms. The van der Waals surface area contributed by atoms with E-state index < -0.39 is 5.97 Å². The van der Waals surface area contributed by atoms with Crippen LogP contribution in [-0.4, -0.2) is 30.6 Å². The number of carbonyl (C=O) groups excluding carboxylic acids is 1. The SMILES string of the molecule is CNC(=O)COc1c(Cl)cccc1C(=O)O. The number of likely N-dealkylation sites (N-methyl/N-ethyl adjacent to an activating group) is 1. The zero-order chi connectivity index (χ0) is 12.1. The van der Waals surface area contributed by atoms with Gasteiger partial charge in [-0.05, 0) is 12.1 Å². The molecular weight excluding hydrogens is 234 g/mol. The number of carbonyl (C=O) groups is 2. The lowest BCUT2D eigenvalue weighted by molar-refractivity contribution is -0.122. The highest BCUT2D eigenvalue weighted by Gasteiger charge is 2.15. The van der Waals surface area contributed by atoms with Crippen molar-refractivity contribution in [2.75, 3.05) is 13.7 Å². The van der Waals surface area contributed by atoms with E-state index in [0.29, 0.717) is 0 Å². The fourth-order valence-corrected chi connectivity index (χ4v) is 1.26. The maximum Gasteiger partial charge on any atom is 0.339 e. The molecule has 1 aromatic rings. The predicted molar refractivity (Wildman–Crippen MR) is 58.0 cm³/mol.